The quantitative estimate of drug-likeness (QED) is 0.681. The number of hydrogen-bond donors (Lipinski definition) is 1. The van der Waals surface area contributed by atoms with Gasteiger partial charge in [0.1, 0.15) is 0 Å². The minimum atomic E-state index is -4.55. The average Bonchev–Trinajstić information content (AvgIpc) is 3.16. The second kappa shape index (κ2) is 7.60. The molecule has 0 saturated carbocycles. The van der Waals surface area contributed by atoms with Crippen molar-refractivity contribution in [2.24, 2.45) is 0 Å². The van der Waals surface area contributed by atoms with Crippen LogP contribution in [0.1, 0.15) is 29.3 Å². The van der Waals surface area contributed by atoms with Crippen LogP contribution in [-0.4, -0.2) is 37.2 Å². The molecule has 11 heteroatoms. The number of alkyl halides is 6. The van der Waals surface area contributed by atoms with Gasteiger partial charge >= 0.3 is 12.4 Å². The lowest BCUT2D eigenvalue weighted by Gasteiger charge is -2.38. The van der Waals surface area contributed by atoms with E-state index >= 15 is 0 Å². The molecule has 2 aromatic rings. The largest absolute Gasteiger partial charge is 0.434 e. The molecule has 0 radical (unpaired) electrons. The number of halogens is 6. The standard InChI is InChI=1S/C19H20F6N4S/c1-11-8-28(7-5-26-11)15-3-2-14(18(20,21)22)12-4-6-29(9-13(12)15)17-27-16(10-30-17)19(23,24)25/h2-3,10-11,26H,4-9H2,1H3. The summed E-state index contributed by atoms with van der Waals surface area (Å²) in [5.74, 6) is 0. The molecule has 0 spiro atoms. The first-order valence-corrected chi connectivity index (χ1v) is 10.4. The van der Waals surface area contributed by atoms with Crippen molar-refractivity contribution in [2.75, 3.05) is 36.0 Å². The number of nitrogens with zero attached hydrogens (tertiary/aromatic N) is 3. The van der Waals surface area contributed by atoms with Crippen molar-refractivity contribution >= 4 is 22.2 Å². The summed E-state index contributed by atoms with van der Waals surface area (Å²) in [7, 11) is 0. The van der Waals surface area contributed by atoms with E-state index < -0.39 is 23.6 Å². The zero-order valence-corrected chi connectivity index (χ0v) is 16.9. The first-order valence-electron chi connectivity index (χ1n) is 9.52. The molecule has 0 aliphatic carbocycles. The minimum absolute atomic E-state index is 0.0949. The summed E-state index contributed by atoms with van der Waals surface area (Å²) in [6.07, 6.45) is -8.93. The maximum absolute atomic E-state index is 13.6. The van der Waals surface area contributed by atoms with Crippen molar-refractivity contribution < 1.29 is 26.3 Å². The smallest absolute Gasteiger partial charge is 0.368 e. The molecule has 1 saturated heterocycles. The fourth-order valence-corrected chi connectivity index (χ4v) is 4.93. The highest BCUT2D eigenvalue weighted by Crippen LogP contribution is 2.41. The molecule has 4 rings (SSSR count). The lowest BCUT2D eigenvalue weighted by atomic mass is 9.92. The zero-order chi connectivity index (χ0) is 21.7. The summed E-state index contributed by atoms with van der Waals surface area (Å²) < 4.78 is 79.6. The van der Waals surface area contributed by atoms with Crippen LogP contribution in [0.15, 0.2) is 17.5 Å². The monoisotopic (exact) mass is 450 g/mol. The van der Waals surface area contributed by atoms with Crippen molar-refractivity contribution in [1.82, 2.24) is 10.3 Å². The van der Waals surface area contributed by atoms with Gasteiger partial charge in [0, 0.05) is 49.8 Å². The van der Waals surface area contributed by atoms with Crippen molar-refractivity contribution in [3.63, 3.8) is 0 Å². The molecular weight excluding hydrogens is 430 g/mol. The fraction of sp³-hybridized carbons (Fsp3) is 0.526. The number of aromatic nitrogens is 1. The van der Waals surface area contributed by atoms with E-state index in [1.807, 2.05) is 11.8 Å². The number of hydrogen-bond acceptors (Lipinski definition) is 5. The molecule has 0 amide bonds. The molecule has 1 aromatic heterocycles. The SMILES string of the molecule is CC1CN(c2ccc(C(F)(F)F)c3c2CN(c2nc(C(F)(F)F)cs2)CC3)CCN1. The molecule has 3 heterocycles. The first-order chi connectivity index (χ1) is 14.0. The first kappa shape index (κ1) is 21.2. The number of anilines is 2. The fourth-order valence-electron chi connectivity index (χ4n) is 4.08. The highest BCUT2D eigenvalue weighted by molar-refractivity contribution is 7.13. The van der Waals surface area contributed by atoms with Crippen LogP contribution in [0.25, 0.3) is 0 Å². The van der Waals surface area contributed by atoms with E-state index in [0.717, 1.165) is 22.8 Å². The number of rotatable bonds is 2. The predicted octanol–water partition coefficient (Wildman–Crippen LogP) is 4.54. The van der Waals surface area contributed by atoms with Crippen LogP contribution in [0.4, 0.5) is 37.2 Å². The van der Waals surface area contributed by atoms with Crippen molar-refractivity contribution in [3.05, 3.63) is 39.9 Å². The molecule has 30 heavy (non-hydrogen) atoms. The second-order valence-electron chi connectivity index (χ2n) is 7.57. The van der Waals surface area contributed by atoms with Gasteiger partial charge in [-0.3, -0.25) is 0 Å². The molecule has 0 bridgehead atoms. The molecule has 4 nitrogen and oxygen atoms in total. The average molecular weight is 450 g/mol. The predicted molar refractivity (Wildman–Crippen MR) is 103 cm³/mol. The normalized spacial score (nSPS) is 20.4. The van der Waals surface area contributed by atoms with Gasteiger partial charge in [-0.2, -0.15) is 26.3 Å². The second-order valence-corrected chi connectivity index (χ2v) is 8.41. The van der Waals surface area contributed by atoms with E-state index in [1.165, 1.54) is 6.07 Å². The molecule has 1 N–H and O–H groups in total. The van der Waals surface area contributed by atoms with Crippen LogP contribution in [0, 0.1) is 0 Å². The van der Waals surface area contributed by atoms with Crippen molar-refractivity contribution in [2.45, 2.75) is 38.3 Å². The lowest BCUT2D eigenvalue weighted by molar-refractivity contribution is -0.141. The van der Waals surface area contributed by atoms with Crippen LogP contribution in [-0.2, 0) is 25.3 Å². The summed E-state index contributed by atoms with van der Waals surface area (Å²) >= 11 is 0.858. The number of benzene rings is 1. The van der Waals surface area contributed by atoms with Crippen LogP contribution in [0.2, 0.25) is 0 Å². The van der Waals surface area contributed by atoms with Gasteiger partial charge in [0.05, 0.1) is 5.56 Å². The zero-order valence-electron chi connectivity index (χ0n) is 16.1. The Morgan fingerprint density at radius 1 is 1.03 bits per heavy atom. The van der Waals surface area contributed by atoms with Crippen LogP contribution < -0.4 is 15.1 Å². The van der Waals surface area contributed by atoms with Gasteiger partial charge in [0.2, 0.25) is 0 Å². The maximum Gasteiger partial charge on any atom is 0.434 e. The molecule has 1 aromatic carbocycles. The Morgan fingerprint density at radius 2 is 1.80 bits per heavy atom. The van der Waals surface area contributed by atoms with Gasteiger partial charge in [-0.25, -0.2) is 4.98 Å². The summed E-state index contributed by atoms with van der Waals surface area (Å²) in [5.41, 5.74) is -0.180. The molecule has 1 unspecified atom stereocenters. The van der Waals surface area contributed by atoms with Crippen molar-refractivity contribution in [1.29, 1.82) is 0 Å². The summed E-state index contributed by atoms with van der Waals surface area (Å²) in [4.78, 5) is 7.36. The van der Waals surface area contributed by atoms with Crippen molar-refractivity contribution in [3.8, 4) is 0 Å². The lowest BCUT2D eigenvalue weighted by Crippen LogP contribution is -2.50. The Morgan fingerprint density at radius 3 is 2.43 bits per heavy atom. The topological polar surface area (TPSA) is 31.4 Å². The number of nitrogens with one attached hydrogen (secondary N) is 1. The highest BCUT2D eigenvalue weighted by atomic mass is 32.1. The molecule has 164 valence electrons. The molecular formula is C19H20F6N4S. The molecule has 1 atom stereocenters. The van der Waals surface area contributed by atoms with Gasteiger partial charge < -0.3 is 15.1 Å². The van der Waals surface area contributed by atoms with E-state index in [0.29, 0.717) is 30.9 Å². The van der Waals surface area contributed by atoms with E-state index in [1.54, 1.807) is 4.90 Å². The summed E-state index contributed by atoms with van der Waals surface area (Å²) in [6, 6.07) is 2.80. The Bertz CT molecular complexity index is 923. The van der Waals surface area contributed by atoms with E-state index in [2.05, 4.69) is 10.3 Å². The Kier molecular flexibility index (Phi) is 5.38. The Labute approximate surface area is 173 Å². The third kappa shape index (κ3) is 4.09. The number of piperazine rings is 1. The van der Waals surface area contributed by atoms with Gasteiger partial charge in [-0.1, -0.05) is 0 Å². The van der Waals surface area contributed by atoms with Gasteiger partial charge in [0.25, 0.3) is 0 Å². The third-order valence-electron chi connectivity index (χ3n) is 5.46. The molecule has 2 aliphatic rings. The van der Waals surface area contributed by atoms with Crippen LogP contribution >= 0.6 is 11.3 Å². The van der Waals surface area contributed by atoms with E-state index in [9.17, 15) is 26.3 Å². The number of fused-ring (bicyclic) bond motifs is 1. The molecule has 1 fully saturated rings. The van der Waals surface area contributed by atoms with E-state index in [4.69, 9.17) is 0 Å². The highest BCUT2D eigenvalue weighted by Gasteiger charge is 2.38. The van der Waals surface area contributed by atoms with Crippen LogP contribution in [0.5, 0.6) is 0 Å². The van der Waals surface area contributed by atoms with Gasteiger partial charge in [-0.15, -0.1) is 11.3 Å². The Balaban J connectivity index is 1.72. The molecule has 2 aliphatic heterocycles. The van der Waals surface area contributed by atoms with E-state index in [-0.39, 0.29) is 36.2 Å². The van der Waals surface area contributed by atoms with Crippen LogP contribution in [0.3, 0.4) is 0 Å². The number of thiazole rings is 1. The van der Waals surface area contributed by atoms with Gasteiger partial charge in [-0.05, 0) is 36.6 Å². The Hall–Kier alpha value is -2.01. The minimum Gasteiger partial charge on any atom is -0.368 e. The summed E-state index contributed by atoms with van der Waals surface area (Å²) in [6.45, 7) is 4.29. The third-order valence-corrected chi connectivity index (χ3v) is 6.36. The summed E-state index contributed by atoms with van der Waals surface area (Å²) in [5, 5.41) is 4.41. The maximum atomic E-state index is 13.6. The van der Waals surface area contributed by atoms with Gasteiger partial charge in [0.15, 0.2) is 10.8 Å².